The van der Waals surface area contributed by atoms with Crippen molar-refractivity contribution >= 4 is 17.5 Å². The van der Waals surface area contributed by atoms with Gasteiger partial charge in [-0.15, -0.1) is 6.58 Å². The van der Waals surface area contributed by atoms with E-state index in [1.54, 1.807) is 30.2 Å². The van der Waals surface area contributed by atoms with Gasteiger partial charge in [0.2, 0.25) is 5.91 Å². The highest BCUT2D eigenvalue weighted by Crippen LogP contribution is 2.22. The molecule has 1 amide bonds. The first kappa shape index (κ1) is 15.5. The summed E-state index contributed by atoms with van der Waals surface area (Å²) >= 11 is 5.96. The molecule has 1 unspecified atom stereocenters. The van der Waals surface area contributed by atoms with Gasteiger partial charge < -0.3 is 15.4 Å². The molecule has 19 heavy (non-hydrogen) atoms. The third-order valence-electron chi connectivity index (χ3n) is 2.63. The summed E-state index contributed by atoms with van der Waals surface area (Å²) in [6, 6.07) is 6.68. The molecule has 0 radical (unpaired) electrons. The fourth-order valence-corrected chi connectivity index (χ4v) is 1.72. The molecule has 0 bridgehead atoms. The smallest absolute Gasteiger partial charge is 0.239 e. The number of benzene rings is 1. The SMILES string of the molecule is C=CCC(N)C(=O)N(C)CCOc1ccccc1Cl. The first-order valence-corrected chi connectivity index (χ1v) is 6.43. The van der Waals surface area contributed by atoms with Crippen molar-refractivity contribution in [2.45, 2.75) is 12.5 Å². The summed E-state index contributed by atoms with van der Waals surface area (Å²) in [5.41, 5.74) is 5.71. The van der Waals surface area contributed by atoms with Gasteiger partial charge in [0.05, 0.1) is 17.6 Å². The molecule has 2 N–H and O–H groups in total. The Morgan fingerprint density at radius 2 is 2.26 bits per heavy atom. The summed E-state index contributed by atoms with van der Waals surface area (Å²) in [6.07, 6.45) is 2.10. The highest BCUT2D eigenvalue weighted by molar-refractivity contribution is 6.32. The van der Waals surface area contributed by atoms with Gasteiger partial charge in [-0.1, -0.05) is 29.8 Å². The zero-order valence-electron chi connectivity index (χ0n) is 11.0. The van der Waals surface area contributed by atoms with Crippen LogP contribution < -0.4 is 10.5 Å². The zero-order chi connectivity index (χ0) is 14.3. The molecular weight excluding hydrogens is 264 g/mol. The van der Waals surface area contributed by atoms with E-state index in [9.17, 15) is 4.79 Å². The Hall–Kier alpha value is -1.52. The summed E-state index contributed by atoms with van der Waals surface area (Å²) in [5.74, 6) is 0.489. The minimum absolute atomic E-state index is 0.123. The first-order chi connectivity index (χ1) is 9.06. The van der Waals surface area contributed by atoms with Crippen LogP contribution in [0.25, 0.3) is 0 Å². The average Bonchev–Trinajstić information content (AvgIpc) is 2.40. The number of nitrogens with two attached hydrogens (primary N) is 1. The second-order valence-corrected chi connectivity index (χ2v) is 4.58. The van der Waals surface area contributed by atoms with Gasteiger partial charge in [-0.2, -0.15) is 0 Å². The van der Waals surface area contributed by atoms with Gasteiger partial charge in [-0.05, 0) is 18.6 Å². The minimum atomic E-state index is -0.539. The molecule has 1 aromatic carbocycles. The largest absolute Gasteiger partial charge is 0.490 e. The van der Waals surface area contributed by atoms with Crippen molar-refractivity contribution in [1.82, 2.24) is 4.90 Å². The van der Waals surface area contributed by atoms with E-state index >= 15 is 0 Å². The summed E-state index contributed by atoms with van der Waals surface area (Å²) in [6.45, 7) is 4.38. The normalized spacial score (nSPS) is 11.7. The number of rotatable bonds is 7. The van der Waals surface area contributed by atoms with Crippen molar-refractivity contribution in [2.24, 2.45) is 5.73 Å². The van der Waals surface area contributed by atoms with Crippen LogP contribution in [-0.2, 0) is 4.79 Å². The number of para-hydroxylation sites is 1. The van der Waals surface area contributed by atoms with E-state index in [4.69, 9.17) is 22.1 Å². The van der Waals surface area contributed by atoms with Gasteiger partial charge in [0.1, 0.15) is 12.4 Å². The van der Waals surface area contributed by atoms with Crippen LogP contribution in [0.3, 0.4) is 0 Å². The number of halogens is 1. The molecule has 0 aliphatic carbocycles. The fraction of sp³-hybridized carbons (Fsp3) is 0.357. The van der Waals surface area contributed by atoms with E-state index < -0.39 is 6.04 Å². The molecule has 104 valence electrons. The lowest BCUT2D eigenvalue weighted by atomic mass is 10.2. The molecule has 4 nitrogen and oxygen atoms in total. The monoisotopic (exact) mass is 282 g/mol. The molecule has 0 saturated carbocycles. The number of hydrogen-bond donors (Lipinski definition) is 1. The van der Waals surface area contributed by atoms with Crippen LogP contribution in [0, 0.1) is 0 Å². The van der Waals surface area contributed by atoms with Crippen molar-refractivity contribution in [2.75, 3.05) is 20.2 Å². The Morgan fingerprint density at radius 1 is 1.58 bits per heavy atom. The van der Waals surface area contributed by atoms with Gasteiger partial charge in [0, 0.05) is 7.05 Å². The molecule has 0 fully saturated rings. The summed E-state index contributed by atoms with van der Waals surface area (Å²) in [5, 5.41) is 0.555. The van der Waals surface area contributed by atoms with Crippen molar-refractivity contribution in [3.63, 3.8) is 0 Å². The molecular formula is C14H19ClN2O2. The Balaban J connectivity index is 2.38. The molecule has 1 atom stereocenters. The summed E-state index contributed by atoms with van der Waals surface area (Å²) < 4.78 is 5.51. The van der Waals surface area contributed by atoms with E-state index in [-0.39, 0.29) is 5.91 Å². The predicted molar refractivity (Wildman–Crippen MR) is 77.4 cm³/mol. The standard InChI is InChI=1S/C14H19ClN2O2/c1-3-6-12(16)14(18)17(2)9-10-19-13-8-5-4-7-11(13)15/h3-5,7-8,12H,1,6,9-10,16H2,2H3. The number of hydrogen-bond acceptors (Lipinski definition) is 3. The van der Waals surface area contributed by atoms with E-state index in [0.29, 0.717) is 30.3 Å². The molecule has 0 spiro atoms. The number of nitrogens with zero attached hydrogens (tertiary/aromatic N) is 1. The highest BCUT2D eigenvalue weighted by Gasteiger charge is 2.16. The molecule has 1 aromatic rings. The van der Waals surface area contributed by atoms with Crippen molar-refractivity contribution in [3.8, 4) is 5.75 Å². The molecule has 0 saturated heterocycles. The molecule has 1 rings (SSSR count). The Kier molecular flexibility index (Phi) is 6.39. The van der Waals surface area contributed by atoms with E-state index in [0.717, 1.165) is 0 Å². The Morgan fingerprint density at radius 3 is 2.89 bits per heavy atom. The predicted octanol–water partition coefficient (Wildman–Crippen LogP) is 2.08. The summed E-state index contributed by atoms with van der Waals surface area (Å²) in [7, 11) is 1.70. The maximum Gasteiger partial charge on any atom is 0.239 e. The molecule has 0 aliphatic heterocycles. The van der Waals surface area contributed by atoms with Crippen LogP contribution in [0.15, 0.2) is 36.9 Å². The number of carbonyl (C=O) groups excluding carboxylic acids is 1. The van der Waals surface area contributed by atoms with Crippen LogP contribution in [0.5, 0.6) is 5.75 Å². The molecule has 0 aliphatic rings. The van der Waals surface area contributed by atoms with E-state index in [1.165, 1.54) is 0 Å². The maximum atomic E-state index is 11.8. The van der Waals surface area contributed by atoms with Crippen LogP contribution in [-0.4, -0.2) is 37.0 Å². The lowest BCUT2D eigenvalue weighted by Crippen LogP contribution is -2.42. The lowest BCUT2D eigenvalue weighted by Gasteiger charge is -2.20. The second kappa shape index (κ2) is 7.81. The first-order valence-electron chi connectivity index (χ1n) is 6.05. The Labute approximate surface area is 118 Å². The quantitative estimate of drug-likeness (QED) is 0.779. The van der Waals surface area contributed by atoms with Gasteiger partial charge >= 0.3 is 0 Å². The van der Waals surface area contributed by atoms with Crippen LogP contribution in [0.2, 0.25) is 5.02 Å². The number of ether oxygens (including phenoxy) is 1. The van der Waals surface area contributed by atoms with E-state index in [1.807, 2.05) is 12.1 Å². The molecule has 0 heterocycles. The summed E-state index contributed by atoms with van der Waals surface area (Å²) in [4.78, 5) is 13.4. The fourth-order valence-electron chi connectivity index (χ4n) is 1.53. The Bertz CT molecular complexity index is 437. The second-order valence-electron chi connectivity index (χ2n) is 4.17. The number of likely N-dealkylation sites (N-methyl/N-ethyl adjacent to an activating group) is 1. The van der Waals surface area contributed by atoms with Gasteiger partial charge in [0.15, 0.2) is 0 Å². The van der Waals surface area contributed by atoms with Gasteiger partial charge in [-0.25, -0.2) is 0 Å². The van der Waals surface area contributed by atoms with Crippen molar-refractivity contribution in [1.29, 1.82) is 0 Å². The van der Waals surface area contributed by atoms with Crippen LogP contribution in [0.4, 0.5) is 0 Å². The molecule has 5 heteroatoms. The lowest BCUT2D eigenvalue weighted by molar-refractivity contribution is -0.131. The third-order valence-corrected chi connectivity index (χ3v) is 2.95. The van der Waals surface area contributed by atoms with Crippen molar-refractivity contribution < 1.29 is 9.53 Å². The van der Waals surface area contributed by atoms with Crippen LogP contribution in [0.1, 0.15) is 6.42 Å². The maximum absolute atomic E-state index is 11.8. The number of carbonyl (C=O) groups is 1. The van der Waals surface area contributed by atoms with Gasteiger partial charge in [-0.3, -0.25) is 4.79 Å². The minimum Gasteiger partial charge on any atom is -0.490 e. The molecule has 0 aromatic heterocycles. The van der Waals surface area contributed by atoms with E-state index in [2.05, 4.69) is 6.58 Å². The third kappa shape index (κ3) is 4.93. The highest BCUT2D eigenvalue weighted by atomic mass is 35.5. The van der Waals surface area contributed by atoms with Crippen LogP contribution >= 0.6 is 11.6 Å². The van der Waals surface area contributed by atoms with Gasteiger partial charge in [0.25, 0.3) is 0 Å². The zero-order valence-corrected chi connectivity index (χ0v) is 11.8. The topological polar surface area (TPSA) is 55.6 Å². The average molecular weight is 283 g/mol. The number of amides is 1. The van der Waals surface area contributed by atoms with Crippen molar-refractivity contribution in [3.05, 3.63) is 41.9 Å².